The Bertz CT molecular complexity index is 265. The van der Waals surface area contributed by atoms with Gasteiger partial charge in [0.25, 0.3) is 0 Å². The number of carboxylic acids is 1. The summed E-state index contributed by atoms with van der Waals surface area (Å²) in [7, 11) is 3.89. The minimum absolute atomic E-state index is 0.0453. The first-order chi connectivity index (χ1) is 6.91. The van der Waals surface area contributed by atoms with Crippen molar-refractivity contribution >= 4 is 11.9 Å². The molecule has 0 aromatic rings. The summed E-state index contributed by atoms with van der Waals surface area (Å²) < 4.78 is 0. The maximum Gasteiger partial charge on any atom is 0.308 e. The van der Waals surface area contributed by atoms with E-state index in [1.165, 1.54) is 0 Å². The number of carbonyl (C=O) groups excluding carboxylic acids is 1. The molecule has 0 radical (unpaired) electrons. The van der Waals surface area contributed by atoms with E-state index in [-0.39, 0.29) is 18.4 Å². The van der Waals surface area contributed by atoms with Gasteiger partial charge in [0.15, 0.2) is 0 Å². The van der Waals surface area contributed by atoms with Crippen molar-refractivity contribution in [2.24, 2.45) is 5.92 Å². The lowest BCUT2D eigenvalue weighted by atomic mass is 10.1. The molecule has 1 saturated heterocycles. The number of hydrogen-bond donors (Lipinski definition) is 1. The molecule has 86 valence electrons. The fourth-order valence-corrected chi connectivity index (χ4v) is 1.60. The average molecular weight is 214 g/mol. The van der Waals surface area contributed by atoms with Crippen LogP contribution in [-0.2, 0) is 9.59 Å². The minimum atomic E-state index is -0.872. The zero-order valence-electron chi connectivity index (χ0n) is 9.43. The van der Waals surface area contributed by atoms with Gasteiger partial charge < -0.3 is 14.9 Å². The summed E-state index contributed by atoms with van der Waals surface area (Å²) in [5.74, 6) is -1.44. The second kappa shape index (κ2) is 4.61. The van der Waals surface area contributed by atoms with Gasteiger partial charge in [-0.15, -0.1) is 0 Å². The van der Waals surface area contributed by atoms with Crippen molar-refractivity contribution in [1.29, 1.82) is 0 Å². The standard InChI is InChI=1S/C10H18N2O3/c1-7(11(2)3)5-12-6-8(10(14)15)4-9(12)13/h7-8H,4-6H2,1-3H3,(H,14,15). The molecule has 2 unspecified atom stereocenters. The molecule has 15 heavy (non-hydrogen) atoms. The molecule has 1 heterocycles. The van der Waals surface area contributed by atoms with Gasteiger partial charge >= 0.3 is 5.97 Å². The molecule has 2 atom stereocenters. The van der Waals surface area contributed by atoms with E-state index in [0.717, 1.165) is 0 Å². The first kappa shape index (κ1) is 12.0. The highest BCUT2D eigenvalue weighted by atomic mass is 16.4. The molecule has 5 heteroatoms. The molecule has 0 aromatic carbocycles. The van der Waals surface area contributed by atoms with Gasteiger partial charge in [-0.05, 0) is 21.0 Å². The Morgan fingerprint density at radius 1 is 1.67 bits per heavy atom. The number of amides is 1. The van der Waals surface area contributed by atoms with Crippen LogP contribution in [0.3, 0.4) is 0 Å². The first-order valence-electron chi connectivity index (χ1n) is 5.08. The van der Waals surface area contributed by atoms with Gasteiger partial charge in [0.2, 0.25) is 5.91 Å². The summed E-state index contributed by atoms with van der Waals surface area (Å²) in [5.41, 5.74) is 0. The third kappa shape index (κ3) is 2.92. The van der Waals surface area contributed by atoms with E-state index in [1.807, 2.05) is 25.9 Å². The smallest absolute Gasteiger partial charge is 0.308 e. The van der Waals surface area contributed by atoms with Gasteiger partial charge in [0.1, 0.15) is 0 Å². The van der Waals surface area contributed by atoms with Crippen molar-refractivity contribution < 1.29 is 14.7 Å². The lowest BCUT2D eigenvalue weighted by Crippen LogP contribution is -2.39. The maximum absolute atomic E-state index is 11.5. The van der Waals surface area contributed by atoms with Crippen LogP contribution in [0.2, 0.25) is 0 Å². The SMILES string of the molecule is CC(CN1CC(C(=O)O)CC1=O)N(C)C. The molecule has 1 rings (SSSR count). The second-order valence-electron chi connectivity index (χ2n) is 4.35. The number of likely N-dealkylation sites (tertiary alicyclic amines) is 1. The van der Waals surface area contributed by atoms with E-state index < -0.39 is 11.9 Å². The zero-order chi connectivity index (χ0) is 11.6. The summed E-state index contributed by atoms with van der Waals surface area (Å²) >= 11 is 0. The summed E-state index contributed by atoms with van der Waals surface area (Å²) in [6.45, 7) is 2.98. The lowest BCUT2D eigenvalue weighted by molar-refractivity contribution is -0.141. The topological polar surface area (TPSA) is 60.9 Å². The predicted octanol–water partition coefficient (Wildman–Crippen LogP) is -0.130. The number of likely N-dealkylation sites (N-methyl/N-ethyl adjacent to an activating group) is 1. The Kier molecular flexibility index (Phi) is 3.68. The molecule has 0 aromatic heterocycles. The fourth-order valence-electron chi connectivity index (χ4n) is 1.60. The van der Waals surface area contributed by atoms with Crippen molar-refractivity contribution in [3.63, 3.8) is 0 Å². The molecule has 0 saturated carbocycles. The van der Waals surface area contributed by atoms with E-state index in [4.69, 9.17) is 5.11 Å². The molecule has 0 aliphatic carbocycles. The lowest BCUT2D eigenvalue weighted by Gasteiger charge is -2.25. The third-order valence-electron chi connectivity index (χ3n) is 2.93. The quantitative estimate of drug-likeness (QED) is 0.708. The molecule has 1 aliphatic heterocycles. The number of aliphatic carboxylic acids is 1. The van der Waals surface area contributed by atoms with Gasteiger partial charge in [-0.2, -0.15) is 0 Å². The van der Waals surface area contributed by atoms with Crippen molar-refractivity contribution in [3.8, 4) is 0 Å². The summed E-state index contributed by atoms with van der Waals surface area (Å²) in [5, 5.41) is 8.80. The molecule has 0 spiro atoms. The minimum Gasteiger partial charge on any atom is -0.481 e. The Morgan fingerprint density at radius 2 is 2.27 bits per heavy atom. The van der Waals surface area contributed by atoms with Crippen LogP contribution >= 0.6 is 0 Å². The molecule has 1 amide bonds. The maximum atomic E-state index is 11.5. The van der Waals surface area contributed by atoms with Gasteiger partial charge in [-0.25, -0.2) is 0 Å². The Hall–Kier alpha value is -1.10. The highest BCUT2D eigenvalue weighted by molar-refractivity contribution is 5.86. The Morgan fingerprint density at radius 3 is 2.67 bits per heavy atom. The number of carboxylic acid groups (broad SMARTS) is 1. The van der Waals surface area contributed by atoms with Crippen LogP contribution in [0.15, 0.2) is 0 Å². The highest BCUT2D eigenvalue weighted by Gasteiger charge is 2.34. The van der Waals surface area contributed by atoms with Gasteiger partial charge in [0, 0.05) is 25.6 Å². The van der Waals surface area contributed by atoms with E-state index >= 15 is 0 Å². The van der Waals surface area contributed by atoms with Gasteiger partial charge in [0.05, 0.1) is 5.92 Å². The van der Waals surface area contributed by atoms with Crippen molar-refractivity contribution in [2.45, 2.75) is 19.4 Å². The molecular formula is C10H18N2O3. The number of rotatable bonds is 4. The van der Waals surface area contributed by atoms with E-state index in [0.29, 0.717) is 13.1 Å². The Balaban J connectivity index is 2.51. The third-order valence-corrected chi connectivity index (χ3v) is 2.93. The second-order valence-corrected chi connectivity index (χ2v) is 4.35. The average Bonchev–Trinajstić information content (AvgIpc) is 2.47. The zero-order valence-corrected chi connectivity index (χ0v) is 9.43. The van der Waals surface area contributed by atoms with Crippen molar-refractivity contribution in [3.05, 3.63) is 0 Å². The van der Waals surface area contributed by atoms with Gasteiger partial charge in [-0.3, -0.25) is 9.59 Å². The molecule has 0 bridgehead atoms. The van der Waals surface area contributed by atoms with E-state index in [2.05, 4.69) is 0 Å². The van der Waals surface area contributed by atoms with Crippen LogP contribution < -0.4 is 0 Å². The Labute approximate surface area is 89.7 Å². The van der Waals surface area contributed by atoms with Crippen LogP contribution in [0.25, 0.3) is 0 Å². The molecular weight excluding hydrogens is 196 g/mol. The number of nitrogens with zero attached hydrogens (tertiary/aromatic N) is 2. The molecule has 1 aliphatic rings. The summed E-state index contributed by atoms with van der Waals surface area (Å²) in [6, 6.07) is 0.251. The summed E-state index contributed by atoms with van der Waals surface area (Å²) in [4.78, 5) is 25.9. The largest absolute Gasteiger partial charge is 0.481 e. The van der Waals surface area contributed by atoms with Crippen LogP contribution in [0, 0.1) is 5.92 Å². The fraction of sp³-hybridized carbons (Fsp3) is 0.800. The molecule has 5 nitrogen and oxygen atoms in total. The summed E-state index contributed by atoms with van der Waals surface area (Å²) in [6.07, 6.45) is 0.148. The predicted molar refractivity (Wildman–Crippen MR) is 55.5 cm³/mol. The van der Waals surface area contributed by atoms with Crippen LogP contribution in [-0.4, -0.2) is 60.0 Å². The monoisotopic (exact) mass is 214 g/mol. The first-order valence-corrected chi connectivity index (χ1v) is 5.08. The van der Waals surface area contributed by atoms with E-state index in [9.17, 15) is 9.59 Å². The van der Waals surface area contributed by atoms with Crippen LogP contribution in [0.4, 0.5) is 0 Å². The van der Waals surface area contributed by atoms with Crippen LogP contribution in [0.1, 0.15) is 13.3 Å². The van der Waals surface area contributed by atoms with Crippen molar-refractivity contribution in [2.75, 3.05) is 27.2 Å². The number of hydrogen-bond acceptors (Lipinski definition) is 3. The molecule has 1 fully saturated rings. The normalized spacial score (nSPS) is 23.6. The highest BCUT2D eigenvalue weighted by Crippen LogP contribution is 2.18. The van der Waals surface area contributed by atoms with Crippen LogP contribution in [0.5, 0.6) is 0 Å². The number of carbonyl (C=O) groups is 2. The van der Waals surface area contributed by atoms with Gasteiger partial charge in [-0.1, -0.05) is 0 Å². The van der Waals surface area contributed by atoms with E-state index in [1.54, 1.807) is 4.90 Å². The molecule has 1 N–H and O–H groups in total. The van der Waals surface area contributed by atoms with Crippen molar-refractivity contribution in [1.82, 2.24) is 9.80 Å².